The zero-order chi connectivity index (χ0) is 12.3. The fraction of sp³-hybridized carbons (Fsp3) is 0.615. The average Bonchev–Trinajstić information content (AvgIpc) is 3.14. The predicted octanol–water partition coefficient (Wildman–Crippen LogP) is 1.72. The molecule has 0 amide bonds. The lowest BCUT2D eigenvalue weighted by Gasteiger charge is -2.26. The molecule has 1 aromatic heterocycles. The number of aromatic nitrogens is 1. The highest BCUT2D eigenvalue weighted by Crippen LogP contribution is 2.33. The van der Waals surface area contributed by atoms with E-state index in [1.54, 1.807) is 7.11 Å². The maximum atomic E-state index is 6.00. The van der Waals surface area contributed by atoms with Gasteiger partial charge in [0.2, 0.25) is 0 Å². The summed E-state index contributed by atoms with van der Waals surface area (Å²) in [5.74, 6) is 1.03. The van der Waals surface area contributed by atoms with E-state index >= 15 is 0 Å². The molecule has 1 saturated carbocycles. The van der Waals surface area contributed by atoms with Crippen LogP contribution in [-0.4, -0.2) is 31.3 Å². The Hall–Kier alpha value is -1.13. The number of nitrogens with zero attached hydrogens (tertiary/aromatic N) is 2. The van der Waals surface area contributed by atoms with Crippen LogP contribution in [-0.2, 0) is 4.74 Å². The summed E-state index contributed by atoms with van der Waals surface area (Å²) in [6, 6.07) is 4.65. The number of rotatable bonds is 6. The molecule has 1 aliphatic carbocycles. The van der Waals surface area contributed by atoms with E-state index in [1.165, 1.54) is 12.8 Å². The van der Waals surface area contributed by atoms with E-state index in [2.05, 4.69) is 16.0 Å². The minimum Gasteiger partial charge on any atom is -0.383 e. The van der Waals surface area contributed by atoms with Crippen LogP contribution >= 0.6 is 0 Å². The molecule has 4 nitrogen and oxygen atoms in total. The lowest BCUT2D eigenvalue weighted by atomic mass is 10.1. The van der Waals surface area contributed by atoms with Gasteiger partial charge in [0.15, 0.2) is 0 Å². The van der Waals surface area contributed by atoms with Crippen LogP contribution in [0.3, 0.4) is 0 Å². The normalized spacial score (nSPS) is 16.9. The monoisotopic (exact) mass is 235 g/mol. The molecule has 4 heteroatoms. The van der Waals surface area contributed by atoms with Crippen molar-refractivity contribution >= 4 is 5.82 Å². The van der Waals surface area contributed by atoms with Crippen molar-refractivity contribution in [2.45, 2.75) is 31.8 Å². The molecule has 0 saturated heterocycles. The summed E-state index contributed by atoms with van der Waals surface area (Å²) in [5.41, 5.74) is 7.12. The summed E-state index contributed by atoms with van der Waals surface area (Å²) in [5, 5.41) is 0. The third kappa shape index (κ3) is 2.96. The van der Waals surface area contributed by atoms with Crippen LogP contribution < -0.4 is 10.6 Å². The predicted molar refractivity (Wildman–Crippen MR) is 69.1 cm³/mol. The average molecular weight is 235 g/mol. The van der Waals surface area contributed by atoms with Crippen molar-refractivity contribution in [2.24, 2.45) is 5.73 Å². The Morgan fingerprint density at radius 1 is 1.59 bits per heavy atom. The lowest BCUT2D eigenvalue weighted by molar-refractivity contribution is 0.204. The van der Waals surface area contributed by atoms with Gasteiger partial charge in [-0.3, -0.25) is 0 Å². The Balaban J connectivity index is 2.22. The van der Waals surface area contributed by atoms with Gasteiger partial charge in [0.1, 0.15) is 5.82 Å². The van der Waals surface area contributed by atoms with E-state index in [9.17, 15) is 0 Å². The number of hydrogen-bond acceptors (Lipinski definition) is 4. The lowest BCUT2D eigenvalue weighted by Crippen LogP contribution is -2.31. The fourth-order valence-electron chi connectivity index (χ4n) is 2.04. The molecule has 2 N–H and O–H groups in total. The number of pyridine rings is 1. The van der Waals surface area contributed by atoms with Gasteiger partial charge in [0.05, 0.1) is 6.61 Å². The third-order valence-corrected chi connectivity index (χ3v) is 3.10. The number of nitrogens with two attached hydrogens (primary N) is 1. The van der Waals surface area contributed by atoms with Gasteiger partial charge in [-0.2, -0.15) is 0 Å². The highest BCUT2D eigenvalue weighted by molar-refractivity contribution is 5.50. The van der Waals surface area contributed by atoms with E-state index in [0.717, 1.165) is 24.5 Å². The first-order chi connectivity index (χ1) is 8.24. The second kappa shape index (κ2) is 5.47. The first kappa shape index (κ1) is 12.3. The quantitative estimate of drug-likeness (QED) is 0.815. The van der Waals surface area contributed by atoms with Crippen LogP contribution in [0.4, 0.5) is 5.82 Å². The van der Waals surface area contributed by atoms with Gasteiger partial charge in [0.25, 0.3) is 0 Å². The SMILES string of the molecule is COCCN(c1ncccc1C(C)N)C1CC1. The zero-order valence-electron chi connectivity index (χ0n) is 10.6. The van der Waals surface area contributed by atoms with Gasteiger partial charge in [-0.25, -0.2) is 4.98 Å². The van der Waals surface area contributed by atoms with Crippen molar-refractivity contribution in [2.75, 3.05) is 25.2 Å². The second-order valence-electron chi connectivity index (χ2n) is 4.62. The molecule has 1 atom stereocenters. The first-order valence-electron chi connectivity index (χ1n) is 6.20. The molecule has 0 aliphatic heterocycles. The molecule has 1 fully saturated rings. The Bertz CT molecular complexity index is 363. The molecule has 1 unspecified atom stereocenters. The van der Waals surface area contributed by atoms with Gasteiger partial charge in [-0.1, -0.05) is 6.07 Å². The standard InChI is InChI=1S/C13H21N3O/c1-10(14)12-4-3-7-15-13(12)16(8-9-17-2)11-5-6-11/h3-4,7,10-11H,5-6,8-9,14H2,1-2H3. The van der Waals surface area contributed by atoms with Crippen molar-refractivity contribution < 1.29 is 4.74 Å². The molecule has 2 rings (SSSR count). The van der Waals surface area contributed by atoms with E-state index in [4.69, 9.17) is 10.5 Å². The van der Waals surface area contributed by atoms with Gasteiger partial charge >= 0.3 is 0 Å². The van der Waals surface area contributed by atoms with E-state index < -0.39 is 0 Å². The Labute approximate surface area is 103 Å². The minimum atomic E-state index is 0.0162. The highest BCUT2D eigenvalue weighted by Gasteiger charge is 2.31. The van der Waals surface area contributed by atoms with E-state index in [0.29, 0.717) is 6.04 Å². The van der Waals surface area contributed by atoms with Crippen LogP contribution in [0.25, 0.3) is 0 Å². The first-order valence-corrected chi connectivity index (χ1v) is 6.20. The molecule has 94 valence electrons. The maximum Gasteiger partial charge on any atom is 0.133 e. The largest absolute Gasteiger partial charge is 0.383 e. The molecule has 0 aromatic carbocycles. The number of hydrogen-bond donors (Lipinski definition) is 1. The summed E-state index contributed by atoms with van der Waals surface area (Å²) < 4.78 is 5.17. The van der Waals surface area contributed by atoms with Crippen molar-refractivity contribution in [3.8, 4) is 0 Å². The van der Waals surface area contributed by atoms with Gasteiger partial charge in [-0.05, 0) is 25.8 Å². The van der Waals surface area contributed by atoms with Crippen molar-refractivity contribution in [1.29, 1.82) is 0 Å². The molecule has 17 heavy (non-hydrogen) atoms. The Kier molecular flexibility index (Phi) is 3.97. The van der Waals surface area contributed by atoms with Crippen LogP contribution in [0, 0.1) is 0 Å². The molecule has 0 radical (unpaired) electrons. The molecular weight excluding hydrogens is 214 g/mol. The summed E-state index contributed by atoms with van der Waals surface area (Å²) >= 11 is 0. The van der Waals surface area contributed by atoms with Crippen molar-refractivity contribution in [1.82, 2.24) is 4.98 Å². The molecule has 1 heterocycles. The maximum absolute atomic E-state index is 6.00. The van der Waals surface area contributed by atoms with Crippen LogP contribution in [0.1, 0.15) is 31.4 Å². The smallest absolute Gasteiger partial charge is 0.133 e. The summed E-state index contributed by atoms with van der Waals surface area (Å²) in [6.07, 6.45) is 4.33. The zero-order valence-corrected chi connectivity index (χ0v) is 10.6. The van der Waals surface area contributed by atoms with Gasteiger partial charge < -0.3 is 15.4 Å². The Morgan fingerprint density at radius 2 is 2.35 bits per heavy atom. The summed E-state index contributed by atoms with van der Waals surface area (Å²) in [6.45, 7) is 3.62. The topological polar surface area (TPSA) is 51.4 Å². The summed E-state index contributed by atoms with van der Waals surface area (Å²) in [4.78, 5) is 6.84. The van der Waals surface area contributed by atoms with Gasteiger partial charge in [0, 0.05) is 37.5 Å². The molecule has 0 bridgehead atoms. The van der Waals surface area contributed by atoms with Crippen LogP contribution in [0.2, 0.25) is 0 Å². The van der Waals surface area contributed by atoms with Gasteiger partial charge in [-0.15, -0.1) is 0 Å². The van der Waals surface area contributed by atoms with Crippen molar-refractivity contribution in [3.05, 3.63) is 23.9 Å². The molecular formula is C13H21N3O. The minimum absolute atomic E-state index is 0.0162. The third-order valence-electron chi connectivity index (χ3n) is 3.10. The molecule has 1 aromatic rings. The fourth-order valence-corrected chi connectivity index (χ4v) is 2.04. The number of anilines is 1. The van der Waals surface area contributed by atoms with Crippen molar-refractivity contribution in [3.63, 3.8) is 0 Å². The van der Waals surface area contributed by atoms with Crippen LogP contribution in [0.5, 0.6) is 0 Å². The molecule has 0 spiro atoms. The number of ether oxygens (including phenoxy) is 1. The van der Waals surface area contributed by atoms with E-state index in [-0.39, 0.29) is 6.04 Å². The summed E-state index contributed by atoms with van der Waals surface area (Å²) in [7, 11) is 1.73. The van der Waals surface area contributed by atoms with E-state index in [1.807, 2.05) is 19.2 Å². The highest BCUT2D eigenvalue weighted by atomic mass is 16.5. The van der Waals surface area contributed by atoms with Crippen LogP contribution in [0.15, 0.2) is 18.3 Å². The molecule has 1 aliphatic rings. The second-order valence-corrected chi connectivity index (χ2v) is 4.62. The number of methoxy groups -OCH3 is 1. The Morgan fingerprint density at radius 3 is 2.94 bits per heavy atom.